The summed E-state index contributed by atoms with van der Waals surface area (Å²) < 4.78 is 49.8. The maximum atomic E-state index is 14.5. The Morgan fingerprint density at radius 1 is 1.29 bits per heavy atom. The molecule has 0 radical (unpaired) electrons. The quantitative estimate of drug-likeness (QED) is 0.597. The minimum Gasteiger partial charge on any atom is -0.505 e. The van der Waals surface area contributed by atoms with Crippen molar-refractivity contribution < 1.29 is 27.6 Å². The zero-order chi connectivity index (χ0) is 22.9. The molecule has 0 fully saturated rings. The van der Waals surface area contributed by atoms with Crippen LogP contribution in [0, 0.1) is 11.6 Å². The van der Waals surface area contributed by atoms with Gasteiger partial charge in [0, 0.05) is 29.8 Å². The first kappa shape index (κ1) is 22.8. The summed E-state index contributed by atoms with van der Waals surface area (Å²) in [6.07, 6.45) is 1.54. The number of carbonyl (C=O) groups excluding carboxylic acids is 1. The summed E-state index contributed by atoms with van der Waals surface area (Å²) in [5, 5.41) is 10.0. The normalized spacial score (nSPS) is 18.8. The van der Waals surface area contributed by atoms with Crippen molar-refractivity contribution >= 4 is 39.8 Å². The van der Waals surface area contributed by atoms with E-state index in [2.05, 4.69) is 11.3 Å². The van der Waals surface area contributed by atoms with E-state index in [-0.39, 0.29) is 51.2 Å². The molecule has 31 heavy (non-hydrogen) atoms. The first-order valence-corrected chi connectivity index (χ1v) is 10.6. The molecule has 1 heterocycles. The molecular weight excluding hydrogens is 450 g/mol. The molecule has 0 saturated heterocycles. The van der Waals surface area contributed by atoms with Gasteiger partial charge < -0.3 is 14.7 Å². The van der Waals surface area contributed by atoms with E-state index in [1.807, 2.05) is 0 Å². The van der Waals surface area contributed by atoms with Gasteiger partial charge in [-0.3, -0.25) is 9.52 Å². The van der Waals surface area contributed by atoms with Gasteiger partial charge in [-0.2, -0.15) is 0 Å². The average molecular weight is 469 g/mol. The van der Waals surface area contributed by atoms with Crippen molar-refractivity contribution in [2.24, 2.45) is 0 Å². The number of ether oxygens (including phenoxy) is 1. The number of anilines is 1. The molecule has 1 amide bonds. The third-order valence-electron chi connectivity index (χ3n) is 4.66. The molecule has 1 unspecified atom stereocenters. The fourth-order valence-corrected chi connectivity index (χ4v) is 4.26. The molecular formula is C21H19ClF2N2O4S. The van der Waals surface area contributed by atoms with Gasteiger partial charge in [-0.15, -0.1) is 0 Å². The Bertz CT molecular complexity index is 1140. The molecule has 1 aliphatic rings. The summed E-state index contributed by atoms with van der Waals surface area (Å²) in [7, 11) is -0.700. The Balaban J connectivity index is 2.19. The highest BCUT2D eigenvalue weighted by atomic mass is 35.5. The minimum atomic E-state index is -2.22. The fraction of sp³-hybridized carbons (Fsp3) is 0.190. The average Bonchev–Trinajstić information content (AvgIpc) is 2.72. The Morgan fingerprint density at radius 2 is 2.00 bits per heavy atom. The Kier molecular flexibility index (Phi) is 6.66. The van der Waals surface area contributed by atoms with Crippen molar-refractivity contribution in [2.45, 2.75) is 11.8 Å². The van der Waals surface area contributed by atoms with Crippen molar-refractivity contribution in [1.29, 1.82) is 0 Å². The van der Waals surface area contributed by atoms with E-state index in [4.69, 9.17) is 16.3 Å². The number of hydrogen-bond acceptors (Lipinski definition) is 4. The van der Waals surface area contributed by atoms with Crippen LogP contribution in [0.15, 0.2) is 47.6 Å². The highest BCUT2D eigenvalue weighted by Crippen LogP contribution is 2.34. The van der Waals surface area contributed by atoms with Gasteiger partial charge in [-0.05, 0) is 25.1 Å². The van der Waals surface area contributed by atoms with Gasteiger partial charge in [-0.25, -0.2) is 13.0 Å². The van der Waals surface area contributed by atoms with E-state index in [1.165, 1.54) is 24.1 Å². The number of halogens is 3. The van der Waals surface area contributed by atoms with Crippen LogP contribution in [0.3, 0.4) is 0 Å². The van der Waals surface area contributed by atoms with Gasteiger partial charge >= 0.3 is 0 Å². The summed E-state index contributed by atoms with van der Waals surface area (Å²) in [5.41, 5.74) is 0.0185. The van der Waals surface area contributed by atoms with Crippen LogP contribution in [0.2, 0.25) is 5.02 Å². The number of likely N-dealkylation sites (N-methyl/N-ethyl adjacent to an activating group) is 1. The number of nitrogens with one attached hydrogen (secondary N) is 1. The van der Waals surface area contributed by atoms with Crippen LogP contribution in [0.1, 0.15) is 22.8 Å². The number of phenols is 1. The molecule has 0 aliphatic carbocycles. The topological polar surface area (TPSA) is 78.9 Å². The van der Waals surface area contributed by atoms with Gasteiger partial charge in [0.1, 0.15) is 28.9 Å². The van der Waals surface area contributed by atoms with Gasteiger partial charge in [0.15, 0.2) is 16.7 Å². The summed E-state index contributed by atoms with van der Waals surface area (Å²) in [5.74, 6) is -2.73. The standard InChI is InChI=1S/C21H19ClF2N2O4S/c1-4-13-11(2)30-6-5-26(3)21(28)12-7-15(22)20(27)19(8-12)31(29)25-18-9-14(13)16(23)10-17(18)24/h4,7-10,25,27H,2,5-6H2,1,3H3/b13-4+. The summed E-state index contributed by atoms with van der Waals surface area (Å²) >= 11 is 6.01. The van der Waals surface area contributed by atoms with Crippen LogP contribution in [-0.4, -0.2) is 40.3 Å². The molecule has 0 saturated carbocycles. The Morgan fingerprint density at radius 3 is 2.68 bits per heavy atom. The van der Waals surface area contributed by atoms with E-state index in [1.54, 1.807) is 13.0 Å². The number of aromatic hydroxyl groups is 1. The number of allylic oxidation sites excluding steroid dienone is 2. The number of nitrogens with zero attached hydrogens (tertiary/aromatic N) is 1. The third-order valence-corrected chi connectivity index (χ3v) is 6.07. The summed E-state index contributed by atoms with van der Waals surface area (Å²) in [6, 6.07) is 4.21. The fourth-order valence-electron chi connectivity index (χ4n) is 3.00. The van der Waals surface area contributed by atoms with Gasteiger partial charge in [-0.1, -0.05) is 24.3 Å². The molecule has 1 aliphatic heterocycles. The number of amides is 1. The smallest absolute Gasteiger partial charge is 0.253 e. The molecule has 3 rings (SSSR count). The lowest BCUT2D eigenvalue weighted by Gasteiger charge is -2.19. The number of benzene rings is 2. The molecule has 4 bridgehead atoms. The lowest BCUT2D eigenvalue weighted by Crippen LogP contribution is -2.30. The maximum absolute atomic E-state index is 14.5. The first-order chi connectivity index (χ1) is 14.6. The predicted molar refractivity (Wildman–Crippen MR) is 115 cm³/mol. The molecule has 0 spiro atoms. The zero-order valence-corrected chi connectivity index (χ0v) is 18.2. The van der Waals surface area contributed by atoms with E-state index < -0.39 is 34.3 Å². The van der Waals surface area contributed by atoms with Crippen LogP contribution in [0.25, 0.3) is 5.57 Å². The van der Waals surface area contributed by atoms with Crippen molar-refractivity contribution in [3.8, 4) is 5.75 Å². The maximum Gasteiger partial charge on any atom is 0.253 e. The van der Waals surface area contributed by atoms with Gasteiger partial charge in [0.05, 0.1) is 17.3 Å². The van der Waals surface area contributed by atoms with Gasteiger partial charge in [0.25, 0.3) is 5.91 Å². The first-order valence-electron chi connectivity index (χ1n) is 9.08. The van der Waals surface area contributed by atoms with E-state index in [9.17, 15) is 22.9 Å². The second kappa shape index (κ2) is 9.07. The van der Waals surface area contributed by atoms with Crippen LogP contribution >= 0.6 is 11.6 Å². The summed E-state index contributed by atoms with van der Waals surface area (Å²) in [4.78, 5) is 13.8. The third kappa shape index (κ3) is 4.57. The number of carbonyl (C=O) groups is 1. The molecule has 2 N–H and O–H groups in total. The molecule has 164 valence electrons. The lowest BCUT2D eigenvalue weighted by molar-refractivity contribution is 0.0755. The molecule has 2 aromatic rings. The van der Waals surface area contributed by atoms with Crippen LogP contribution in [0.4, 0.5) is 14.5 Å². The molecule has 0 aromatic heterocycles. The number of hydrogen-bond donors (Lipinski definition) is 2. The minimum absolute atomic E-state index is 0.0243. The lowest BCUT2D eigenvalue weighted by atomic mass is 10.0. The van der Waals surface area contributed by atoms with Crippen molar-refractivity contribution in [2.75, 3.05) is 24.9 Å². The zero-order valence-electron chi connectivity index (χ0n) is 16.7. The molecule has 10 heteroatoms. The predicted octanol–water partition coefficient (Wildman–Crippen LogP) is 4.48. The Labute approximate surface area is 185 Å². The summed E-state index contributed by atoms with van der Waals surface area (Å²) in [6.45, 7) is 5.63. The van der Waals surface area contributed by atoms with Crippen LogP contribution in [0.5, 0.6) is 5.75 Å². The monoisotopic (exact) mass is 468 g/mol. The number of rotatable bonds is 0. The van der Waals surface area contributed by atoms with E-state index >= 15 is 0 Å². The molecule has 2 aromatic carbocycles. The SMILES string of the molecule is C=C1OCCN(C)C(=O)c2cc(Cl)c(O)c(c2)S(=O)Nc2cc(c(F)cc2F)/C1=C/C. The van der Waals surface area contributed by atoms with Crippen LogP contribution in [-0.2, 0) is 15.7 Å². The van der Waals surface area contributed by atoms with Crippen molar-refractivity contribution in [3.63, 3.8) is 0 Å². The van der Waals surface area contributed by atoms with Crippen LogP contribution < -0.4 is 4.72 Å². The van der Waals surface area contributed by atoms with E-state index in [0.717, 1.165) is 6.07 Å². The van der Waals surface area contributed by atoms with Crippen molar-refractivity contribution in [3.05, 3.63) is 70.5 Å². The Hall–Kier alpha value is -2.91. The molecule has 6 nitrogen and oxygen atoms in total. The highest BCUT2D eigenvalue weighted by molar-refractivity contribution is 7.86. The largest absolute Gasteiger partial charge is 0.505 e. The second-order valence-electron chi connectivity index (χ2n) is 6.69. The number of fused-ring (bicyclic) bond motifs is 4. The van der Waals surface area contributed by atoms with Crippen molar-refractivity contribution in [1.82, 2.24) is 4.90 Å². The molecule has 1 atom stereocenters. The van der Waals surface area contributed by atoms with Gasteiger partial charge in [0.2, 0.25) is 0 Å². The number of phenolic OH excluding ortho intramolecular Hbond substituents is 1. The highest BCUT2D eigenvalue weighted by Gasteiger charge is 2.23. The van der Waals surface area contributed by atoms with E-state index in [0.29, 0.717) is 6.07 Å². The second-order valence-corrected chi connectivity index (χ2v) is 8.28.